The third-order valence-corrected chi connectivity index (χ3v) is 4.84. The molecule has 0 fully saturated rings. The Kier molecular flexibility index (Phi) is 8.04. The highest BCUT2D eigenvalue weighted by Gasteiger charge is 2.23. The van der Waals surface area contributed by atoms with E-state index in [1.165, 1.54) is 0 Å². The van der Waals surface area contributed by atoms with Crippen molar-refractivity contribution in [2.75, 3.05) is 19.1 Å². The number of aliphatic hydroxyl groups is 2. The molecule has 0 aliphatic rings. The summed E-state index contributed by atoms with van der Waals surface area (Å²) in [7, 11) is 0. The monoisotopic (exact) mass is 414 g/mol. The molecule has 2 N–H and O–H groups in total. The highest BCUT2D eigenvalue weighted by atomic mass is 35.5. The van der Waals surface area contributed by atoms with Gasteiger partial charge in [-0.3, -0.25) is 0 Å². The summed E-state index contributed by atoms with van der Waals surface area (Å²) in [5.41, 5.74) is 1.76. The second-order valence-corrected chi connectivity index (χ2v) is 7.31. The van der Waals surface area contributed by atoms with E-state index in [4.69, 9.17) is 26.2 Å². The van der Waals surface area contributed by atoms with Gasteiger partial charge in [0.2, 0.25) is 0 Å². The SMILES string of the molecule is CC(C)(c1ccc(OC[C@H](O)CCl)cc1)c1ccc(OC[C@@H](O)C(F)F)cc1. The molecule has 0 radical (unpaired) electrons. The smallest absolute Gasteiger partial charge is 0.267 e. The Morgan fingerprint density at radius 3 is 1.68 bits per heavy atom. The van der Waals surface area contributed by atoms with Crippen molar-refractivity contribution in [1.82, 2.24) is 0 Å². The van der Waals surface area contributed by atoms with Crippen LogP contribution in [0.3, 0.4) is 0 Å². The standard InChI is InChI=1S/C21H25ClF2O4/c1-21(2,14-3-7-17(8-4-14)27-12-16(25)11-22)15-5-9-18(10-6-15)28-13-19(26)20(23)24/h3-10,16,19-20,25-26H,11-13H2,1-2H3/t16-,19-/m1/s1. The van der Waals surface area contributed by atoms with Crippen molar-refractivity contribution in [3.8, 4) is 11.5 Å². The number of rotatable bonds is 10. The van der Waals surface area contributed by atoms with Gasteiger partial charge < -0.3 is 19.7 Å². The molecule has 2 rings (SSSR count). The topological polar surface area (TPSA) is 58.9 Å². The molecule has 0 unspecified atom stereocenters. The van der Waals surface area contributed by atoms with Crippen molar-refractivity contribution in [2.24, 2.45) is 0 Å². The molecule has 154 valence electrons. The molecule has 0 heterocycles. The predicted molar refractivity (Wildman–Crippen MR) is 105 cm³/mol. The first-order valence-electron chi connectivity index (χ1n) is 8.91. The first kappa shape index (κ1) is 22.4. The van der Waals surface area contributed by atoms with E-state index in [2.05, 4.69) is 13.8 Å². The van der Waals surface area contributed by atoms with Crippen LogP contribution in [-0.2, 0) is 5.41 Å². The van der Waals surface area contributed by atoms with E-state index in [0.717, 1.165) is 11.1 Å². The number of benzene rings is 2. The van der Waals surface area contributed by atoms with Crippen LogP contribution in [0, 0.1) is 0 Å². The first-order chi connectivity index (χ1) is 13.2. The van der Waals surface area contributed by atoms with Crippen molar-refractivity contribution in [3.63, 3.8) is 0 Å². The Labute approximate surface area is 168 Å². The average Bonchev–Trinajstić information content (AvgIpc) is 2.70. The number of ether oxygens (including phenoxy) is 2. The lowest BCUT2D eigenvalue weighted by molar-refractivity contribution is -0.0283. The van der Waals surface area contributed by atoms with Crippen LogP contribution in [0.15, 0.2) is 48.5 Å². The van der Waals surface area contributed by atoms with E-state index in [0.29, 0.717) is 11.5 Å². The van der Waals surface area contributed by atoms with Crippen molar-refractivity contribution in [3.05, 3.63) is 59.7 Å². The molecule has 0 bridgehead atoms. The largest absolute Gasteiger partial charge is 0.491 e. The van der Waals surface area contributed by atoms with Gasteiger partial charge in [0.25, 0.3) is 6.43 Å². The van der Waals surface area contributed by atoms with Gasteiger partial charge in [-0.15, -0.1) is 11.6 Å². The van der Waals surface area contributed by atoms with E-state index in [1.54, 1.807) is 12.1 Å². The highest BCUT2D eigenvalue weighted by molar-refractivity contribution is 6.18. The molecule has 2 aromatic carbocycles. The summed E-state index contributed by atoms with van der Waals surface area (Å²) in [6.45, 7) is 3.81. The van der Waals surface area contributed by atoms with Crippen LogP contribution < -0.4 is 9.47 Å². The summed E-state index contributed by atoms with van der Waals surface area (Å²) < 4.78 is 35.3. The van der Waals surface area contributed by atoms with E-state index < -0.39 is 25.2 Å². The highest BCUT2D eigenvalue weighted by Crippen LogP contribution is 2.33. The molecule has 28 heavy (non-hydrogen) atoms. The summed E-state index contributed by atoms with van der Waals surface area (Å²) in [4.78, 5) is 0. The fourth-order valence-electron chi connectivity index (χ4n) is 2.59. The third-order valence-electron chi connectivity index (χ3n) is 4.48. The molecule has 4 nitrogen and oxygen atoms in total. The molecule has 0 aromatic heterocycles. The van der Waals surface area contributed by atoms with Gasteiger partial charge in [0, 0.05) is 5.41 Å². The molecule has 0 spiro atoms. The summed E-state index contributed by atoms with van der Waals surface area (Å²) in [6, 6.07) is 14.7. The van der Waals surface area contributed by atoms with Gasteiger partial charge in [0.15, 0.2) is 0 Å². The molecule has 0 aliphatic heterocycles. The number of alkyl halides is 3. The molecule has 0 saturated heterocycles. The van der Waals surface area contributed by atoms with Gasteiger partial charge in [-0.05, 0) is 35.4 Å². The minimum atomic E-state index is -2.83. The van der Waals surface area contributed by atoms with Crippen molar-refractivity contribution in [2.45, 2.75) is 37.9 Å². The van der Waals surface area contributed by atoms with E-state index >= 15 is 0 Å². The summed E-state index contributed by atoms with van der Waals surface area (Å²) in [5.74, 6) is 1.18. The maximum atomic E-state index is 12.3. The van der Waals surface area contributed by atoms with Gasteiger partial charge in [-0.2, -0.15) is 0 Å². The Morgan fingerprint density at radius 2 is 1.29 bits per heavy atom. The van der Waals surface area contributed by atoms with Crippen LogP contribution in [0.4, 0.5) is 8.78 Å². The minimum Gasteiger partial charge on any atom is -0.491 e. The molecule has 7 heteroatoms. The molecule has 0 saturated carbocycles. The van der Waals surface area contributed by atoms with Crippen molar-refractivity contribution >= 4 is 11.6 Å². The van der Waals surface area contributed by atoms with Crippen LogP contribution in [0.5, 0.6) is 11.5 Å². The lowest BCUT2D eigenvalue weighted by atomic mass is 9.78. The summed E-state index contributed by atoms with van der Waals surface area (Å²) in [5, 5.41) is 18.6. The normalized spacial score (nSPS) is 14.0. The first-order valence-corrected chi connectivity index (χ1v) is 9.44. The average molecular weight is 415 g/mol. The molecule has 0 aliphatic carbocycles. The molecular weight excluding hydrogens is 390 g/mol. The summed E-state index contributed by atoms with van der Waals surface area (Å²) >= 11 is 5.55. The van der Waals surface area contributed by atoms with E-state index in [1.807, 2.05) is 36.4 Å². The Morgan fingerprint density at radius 1 is 0.857 bits per heavy atom. The van der Waals surface area contributed by atoms with Gasteiger partial charge in [0.05, 0.1) is 5.88 Å². The zero-order chi connectivity index (χ0) is 20.7. The maximum absolute atomic E-state index is 12.3. The number of hydrogen-bond acceptors (Lipinski definition) is 4. The molecule has 0 amide bonds. The van der Waals surface area contributed by atoms with Crippen LogP contribution in [-0.4, -0.2) is 47.9 Å². The Balaban J connectivity index is 2.03. The minimum absolute atomic E-state index is 0.117. The number of hydrogen-bond donors (Lipinski definition) is 2. The Bertz CT molecular complexity index is 720. The number of aliphatic hydroxyl groups excluding tert-OH is 2. The van der Waals surface area contributed by atoms with Gasteiger partial charge >= 0.3 is 0 Å². The van der Waals surface area contributed by atoms with Gasteiger partial charge in [-0.25, -0.2) is 8.78 Å². The maximum Gasteiger partial charge on any atom is 0.267 e. The predicted octanol–water partition coefficient (Wildman–Crippen LogP) is 4.00. The van der Waals surface area contributed by atoms with Crippen molar-refractivity contribution < 1.29 is 28.5 Å². The second-order valence-electron chi connectivity index (χ2n) is 7.01. The van der Waals surface area contributed by atoms with Crippen LogP contribution in [0.2, 0.25) is 0 Å². The lowest BCUT2D eigenvalue weighted by Crippen LogP contribution is -2.25. The summed E-state index contributed by atoms with van der Waals surface area (Å²) in [6.07, 6.45) is -5.34. The number of halogens is 3. The zero-order valence-corrected chi connectivity index (χ0v) is 16.6. The molecule has 2 atom stereocenters. The lowest BCUT2D eigenvalue weighted by Gasteiger charge is -2.26. The van der Waals surface area contributed by atoms with Gasteiger partial charge in [-0.1, -0.05) is 38.1 Å². The molecular formula is C21H25ClF2O4. The zero-order valence-electron chi connectivity index (χ0n) is 15.8. The third kappa shape index (κ3) is 6.06. The molecule has 2 aromatic rings. The second kappa shape index (κ2) is 10.0. The fraction of sp³-hybridized carbons (Fsp3) is 0.429. The fourth-order valence-corrected chi connectivity index (χ4v) is 2.68. The van der Waals surface area contributed by atoms with Gasteiger partial charge in [0.1, 0.15) is 36.9 Å². The van der Waals surface area contributed by atoms with Crippen LogP contribution in [0.25, 0.3) is 0 Å². The van der Waals surface area contributed by atoms with E-state index in [9.17, 15) is 13.9 Å². The van der Waals surface area contributed by atoms with Crippen molar-refractivity contribution in [1.29, 1.82) is 0 Å². The quantitative estimate of drug-likeness (QED) is 0.577. The Hall–Kier alpha value is -1.89. The van der Waals surface area contributed by atoms with Crippen LogP contribution >= 0.6 is 11.6 Å². The van der Waals surface area contributed by atoms with E-state index in [-0.39, 0.29) is 17.9 Å². The van der Waals surface area contributed by atoms with Crippen LogP contribution in [0.1, 0.15) is 25.0 Å².